The number of esters is 1. The van der Waals surface area contributed by atoms with Crippen LogP contribution in [0.2, 0.25) is 10.0 Å². The van der Waals surface area contributed by atoms with Gasteiger partial charge in [0.25, 0.3) is 0 Å². The van der Waals surface area contributed by atoms with E-state index in [1.165, 1.54) is 6.92 Å². The Morgan fingerprint density at radius 3 is 2.12 bits per heavy atom. The summed E-state index contributed by atoms with van der Waals surface area (Å²) in [5.74, 6) is 0.791. The first kappa shape index (κ1) is 26.6. The van der Waals surface area contributed by atoms with Crippen molar-refractivity contribution in [2.24, 2.45) is 5.92 Å². The second-order valence-electron chi connectivity index (χ2n) is 8.21. The van der Waals surface area contributed by atoms with Crippen molar-refractivity contribution in [3.8, 4) is 11.5 Å². The van der Waals surface area contributed by atoms with Crippen molar-refractivity contribution in [1.29, 1.82) is 0 Å². The first-order valence-corrected chi connectivity index (χ1v) is 11.6. The lowest BCUT2D eigenvalue weighted by Crippen LogP contribution is -2.26. The monoisotopic (exact) mass is 502 g/mol. The molecule has 176 valence electrons. The number of halogens is 3. The van der Waals surface area contributed by atoms with Crippen molar-refractivity contribution >= 4 is 40.8 Å². The maximum atomic E-state index is 11.1. The molecule has 2 aromatic carbocycles. The molecular weight excluding hydrogens is 475 g/mol. The number of carbonyl (C=O) groups excluding carboxylic acids is 1. The molecule has 1 N–H and O–H groups in total. The molecule has 0 spiro atoms. The Balaban J connectivity index is 2.17. The van der Waals surface area contributed by atoms with E-state index < -0.39 is 12.1 Å². The molecular formula is C24H29Cl3O5. The van der Waals surface area contributed by atoms with Gasteiger partial charge in [0.15, 0.2) is 5.75 Å². The zero-order valence-corrected chi connectivity index (χ0v) is 20.9. The van der Waals surface area contributed by atoms with Crippen LogP contribution in [0.1, 0.15) is 38.8 Å². The topological polar surface area (TPSA) is 65.0 Å². The molecule has 0 amide bonds. The van der Waals surface area contributed by atoms with Crippen molar-refractivity contribution in [3.05, 3.63) is 57.6 Å². The Hall–Kier alpha value is -1.66. The third-order valence-electron chi connectivity index (χ3n) is 5.06. The second-order valence-corrected chi connectivity index (χ2v) is 9.34. The highest BCUT2D eigenvalue weighted by Gasteiger charge is 2.26. The van der Waals surface area contributed by atoms with E-state index in [-0.39, 0.29) is 30.4 Å². The lowest BCUT2D eigenvalue weighted by atomic mass is 9.78. The molecule has 0 fully saturated rings. The SMILES string of the molecule is CC(=O)OC(CCl)COc1c(Cl)cc(C(C)(C)c2ccc(OCC(C)CO)cc2)cc1Cl. The molecule has 0 aliphatic heterocycles. The normalized spacial score (nSPS) is 13.4. The molecule has 0 aliphatic carbocycles. The minimum atomic E-state index is -0.599. The summed E-state index contributed by atoms with van der Waals surface area (Å²) >= 11 is 18.8. The fraction of sp³-hybridized carbons (Fsp3) is 0.458. The van der Waals surface area contributed by atoms with Gasteiger partial charge in [-0.2, -0.15) is 0 Å². The summed E-state index contributed by atoms with van der Waals surface area (Å²) in [6.45, 7) is 7.96. The molecule has 8 heteroatoms. The number of aliphatic hydroxyl groups excluding tert-OH is 1. The number of ether oxygens (including phenoxy) is 3. The largest absolute Gasteiger partial charge is 0.493 e. The van der Waals surface area contributed by atoms with Gasteiger partial charge in [-0.25, -0.2) is 0 Å². The smallest absolute Gasteiger partial charge is 0.303 e. The first-order valence-electron chi connectivity index (χ1n) is 10.3. The first-order chi connectivity index (χ1) is 15.1. The van der Waals surface area contributed by atoms with E-state index in [9.17, 15) is 4.79 Å². The summed E-state index contributed by atoms with van der Waals surface area (Å²) in [6, 6.07) is 11.4. The molecule has 2 aromatic rings. The Morgan fingerprint density at radius 1 is 1.03 bits per heavy atom. The zero-order chi connectivity index (χ0) is 23.9. The van der Waals surface area contributed by atoms with Crippen LogP contribution in [0.4, 0.5) is 0 Å². The van der Waals surface area contributed by atoms with Crippen LogP contribution in [0.15, 0.2) is 36.4 Å². The fourth-order valence-corrected chi connectivity index (χ4v) is 3.75. The lowest BCUT2D eigenvalue weighted by molar-refractivity contribution is -0.146. The Kier molecular flexibility index (Phi) is 9.96. The second kappa shape index (κ2) is 12.0. The minimum Gasteiger partial charge on any atom is -0.493 e. The minimum absolute atomic E-state index is 0.0433. The Bertz CT molecular complexity index is 876. The average molecular weight is 504 g/mol. The van der Waals surface area contributed by atoms with E-state index in [0.717, 1.165) is 16.9 Å². The van der Waals surface area contributed by atoms with Gasteiger partial charge in [0, 0.05) is 24.9 Å². The lowest BCUT2D eigenvalue weighted by Gasteiger charge is -2.27. The van der Waals surface area contributed by atoms with E-state index in [0.29, 0.717) is 22.4 Å². The van der Waals surface area contributed by atoms with E-state index in [4.69, 9.17) is 54.1 Å². The number of hydrogen-bond acceptors (Lipinski definition) is 5. The van der Waals surface area contributed by atoms with Gasteiger partial charge in [-0.15, -0.1) is 11.6 Å². The summed E-state index contributed by atoms with van der Waals surface area (Å²) in [6.07, 6.45) is -0.599. The van der Waals surface area contributed by atoms with Crippen LogP contribution in [0.3, 0.4) is 0 Å². The number of hydrogen-bond donors (Lipinski definition) is 1. The van der Waals surface area contributed by atoms with Gasteiger partial charge >= 0.3 is 5.97 Å². The Morgan fingerprint density at radius 2 is 1.62 bits per heavy atom. The number of carbonyl (C=O) groups is 1. The number of benzene rings is 2. The highest BCUT2D eigenvalue weighted by atomic mass is 35.5. The quantitative estimate of drug-likeness (QED) is 0.307. The maximum Gasteiger partial charge on any atom is 0.303 e. The van der Waals surface area contributed by atoms with Crippen LogP contribution in [0.25, 0.3) is 0 Å². The standard InChI is InChI=1S/C24H29Cl3O5/c1-15(12-28)13-30-19-7-5-17(6-8-19)24(3,4)18-9-21(26)23(22(27)10-18)31-14-20(11-25)32-16(2)29/h5-10,15,20,28H,11-14H2,1-4H3. The van der Waals surface area contributed by atoms with Gasteiger partial charge in [-0.1, -0.05) is 56.1 Å². The molecule has 0 heterocycles. The van der Waals surface area contributed by atoms with Crippen LogP contribution in [0, 0.1) is 5.92 Å². The molecule has 2 atom stereocenters. The van der Waals surface area contributed by atoms with Crippen molar-refractivity contribution < 1.29 is 24.1 Å². The molecule has 0 aromatic heterocycles. The predicted octanol–water partition coefficient (Wildman–Crippen LogP) is 5.88. The van der Waals surface area contributed by atoms with Crippen LogP contribution in [-0.4, -0.2) is 42.9 Å². The molecule has 0 bridgehead atoms. The Labute approximate surface area is 204 Å². The van der Waals surface area contributed by atoms with Gasteiger partial charge in [0.2, 0.25) is 0 Å². The summed E-state index contributed by atoms with van der Waals surface area (Å²) in [5, 5.41) is 9.84. The van der Waals surface area contributed by atoms with E-state index in [2.05, 4.69) is 13.8 Å². The number of aliphatic hydroxyl groups is 1. The molecule has 0 radical (unpaired) electrons. The molecule has 2 unspecified atom stereocenters. The highest BCUT2D eigenvalue weighted by Crippen LogP contribution is 2.40. The summed E-state index contributed by atoms with van der Waals surface area (Å²) in [4.78, 5) is 11.1. The average Bonchev–Trinajstić information content (AvgIpc) is 2.75. The van der Waals surface area contributed by atoms with E-state index in [1.807, 2.05) is 43.3 Å². The fourth-order valence-electron chi connectivity index (χ4n) is 3.01. The molecule has 0 saturated carbocycles. The predicted molar refractivity (Wildman–Crippen MR) is 129 cm³/mol. The van der Waals surface area contributed by atoms with E-state index >= 15 is 0 Å². The van der Waals surface area contributed by atoms with Gasteiger partial charge in [0.05, 0.1) is 22.5 Å². The van der Waals surface area contributed by atoms with Crippen LogP contribution >= 0.6 is 34.8 Å². The summed E-state index contributed by atoms with van der Waals surface area (Å²) in [5.41, 5.74) is 1.58. The van der Waals surface area contributed by atoms with Crippen molar-refractivity contribution in [2.45, 2.75) is 39.2 Å². The van der Waals surface area contributed by atoms with Gasteiger partial charge in [-0.05, 0) is 35.4 Å². The van der Waals surface area contributed by atoms with Gasteiger partial charge < -0.3 is 19.3 Å². The van der Waals surface area contributed by atoms with Crippen LogP contribution in [-0.2, 0) is 14.9 Å². The molecule has 2 rings (SSSR count). The summed E-state index contributed by atoms with van der Waals surface area (Å²) in [7, 11) is 0. The third kappa shape index (κ3) is 7.17. The molecule has 32 heavy (non-hydrogen) atoms. The molecule has 5 nitrogen and oxygen atoms in total. The number of rotatable bonds is 11. The van der Waals surface area contributed by atoms with Crippen molar-refractivity contribution in [1.82, 2.24) is 0 Å². The highest BCUT2D eigenvalue weighted by molar-refractivity contribution is 6.37. The zero-order valence-electron chi connectivity index (χ0n) is 18.7. The third-order valence-corrected chi connectivity index (χ3v) is 5.97. The van der Waals surface area contributed by atoms with E-state index in [1.54, 1.807) is 0 Å². The van der Waals surface area contributed by atoms with Crippen molar-refractivity contribution in [3.63, 3.8) is 0 Å². The molecule has 0 aliphatic rings. The van der Waals surface area contributed by atoms with Gasteiger partial charge in [-0.3, -0.25) is 4.79 Å². The van der Waals surface area contributed by atoms with Gasteiger partial charge in [0.1, 0.15) is 18.5 Å². The molecule has 0 saturated heterocycles. The summed E-state index contributed by atoms with van der Waals surface area (Å²) < 4.78 is 16.5. The van der Waals surface area contributed by atoms with Crippen LogP contribution in [0.5, 0.6) is 11.5 Å². The van der Waals surface area contributed by atoms with Crippen molar-refractivity contribution in [2.75, 3.05) is 25.7 Å². The number of alkyl halides is 1. The maximum absolute atomic E-state index is 11.1. The van der Waals surface area contributed by atoms with Crippen LogP contribution < -0.4 is 9.47 Å².